The molecule has 0 bridgehead atoms. The Morgan fingerprint density at radius 3 is 2.56 bits per heavy atom. The maximum absolute atomic E-state index is 12.5. The number of ether oxygens (including phenoxy) is 1. The van der Waals surface area contributed by atoms with Gasteiger partial charge in [-0.25, -0.2) is 4.98 Å². The maximum Gasteiger partial charge on any atom is 0.257 e. The van der Waals surface area contributed by atoms with Gasteiger partial charge in [-0.2, -0.15) is 0 Å². The average molecular weight is 465 g/mol. The summed E-state index contributed by atoms with van der Waals surface area (Å²) < 4.78 is 5.60. The SMILES string of the molecule is CC(C)Oc1ccc(C(=O)NC(=S)Nc2cc(-c3nc4ccccc4[nH]3)ccc2Cl)cc1. The largest absolute Gasteiger partial charge is 0.491 e. The summed E-state index contributed by atoms with van der Waals surface area (Å²) in [5, 5.41) is 6.27. The lowest BCUT2D eigenvalue weighted by molar-refractivity contribution is 0.0977. The predicted molar refractivity (Wildman–Crippen MR) is 132 cm³/mol. The minimum atomic E-state index is -0.330. The van der Waals surface area contributed by atoms with Gasteiger partial charge in [0, 0.05) is 11.1 Å². The van der Waals surface area contributed by atoms with Gasteiger partial charge < -0.3 is 15.0 Å². The minimum Gasteiger partial charge on any atom is -0.491 e. The number of nitrogens with one attached hydrogen (secondary N) is 3. The van der Waals surface area contributed by atoms with E-state index in [1.807, 2.05) is 50.2 Å². The summed E-state index contributed by atoms with van der Waals surface area (Å²) in [6.07, 6.45) is 0.0616. The first-order valence-corrected chi connectivity index (χ1v) is 10.8. The first kappa shape index (κ1) is 21.8. The second kappa shape index (κ2) is 9.38. The normalized spacial score (nSPS) is 10.9. The molecule has 0 unspecified atom stereocenters. The number of benzene rings is 3. The fourth-order valence-electron chi connectivity index (χ4n) is 3.14. The van der Waals surface area contributed by atoms with E-state index in [2.05, 4.69) is 20.6 Å². The third kappa shape index (κ3) is 5.07. The lowest BCUT2D eigenvalue weighted by Crippen LogP contribution is -2.34. The molecule has 0 aliphatic carbocycles. The van der Waals surface area contributed by atoms with Gasteiger partial charge in [-0.1, -0.05) is 23.7 Å². The number of anilines is 1. The topological polar surface area (TPSA) is 79.0 Å². The standard InChI is InChI=1S/C24H21ClN4O2S/c1-14(2)31-17-10-7-15(8-11-17)23(30)29-24(32)28-21-13-16(9-12-18(21)25)22-26-19-5-3-4-6-20(19)27-22/h3-14H,1-2H3,(H,26,27)(H2,28,29,30,32). The van der Waals surface area contributed by atoms with Crippen molar-refractivity contribution in [1.29, 1.82) is 0 Å². The number of hydrogen-bond donors (Lipinski definition) is 3. The van der Waals surface area contributed by atoms with Crippen LogP contribution in [0.3, 0.4) is 0 Å². The van der Waals surface area contributed by atoms with Crippen molar-refractivity contribution in [3.63, 3.8) is 0 Å². The monoisotopic (exact) mass is 464 g/mol. The lowest BCUT2D eigenvalue weighted by Gasteiger charge is -2.13. The van der Waals surface area contributed by atoms with Crippen molar-refractivity contribution in [3.05, 3.63) is 77.3 Å². The molecular formula is C24H21ClN4O2S. The van der Waals surface area contributed by atoms with Gasteiger partial charge in [0.1, 0.15) is 11.6 Å². The van der Waals surface area contributed by atoms with Crippen LogP contribution in [0.1, 0.15) is 24.2 Å². The molecule has 0 saturated heterocycles. The number of imidazole rings is 1. The highest BCUT2D eigenvalue weighted by atomic mass is 35.5. The molecule has 6 nitrogen and oxygen atoms in total. The van der Waals surface area contributed by atoms with E-state index in [-0.39, 0.29) is 17.1 Å². The molecule has 0 spiro atoms. The van der Waals surface area contributed by atoms with Gasteiger partial charge in [0.05, 0.1) is 27.8 Å². The molecule has 162 valence electrons. The Hall–Kier alpha value is -3.42. The zero-order chi connectivity index (χ0) is 22.7. The van der Waals surface area contributed by atoms with Gasteiger partial charge in [-0.3, -0.25) is 10.1 Å². The Kier molecular flexibility index (Phi) is 6.39. The summed E-state index contributed by atoms with van der Waals surface area (Å²) in [6.45, 7) is 3.89. The lowest BCUT2D eigenvalue weighted by atomic mass is 10.2. The fourth-order valence-corrected chi connectivity index (χ4v) is 3.51. The van der Waals surface area contributed by atoms with Gasteiger partial charge in [0.2, 0.25) is 0 Å². The molecule has 32 heavy (non-hydrogen) atoms. The van der Waals surface area contributed by atoms with Crippen LogP contribution in [0.5, 0.6) is 5.75 Å². The summed E-state index contributed by atoms with van der Waals surface area (Å²) in [5.74, 6) is 1.08. The number of H-pyrrole nitrogens is 1. The number of aromatic amines is 1. The number of carbonyl (C=O) groups is 1. The molecule has 0 atom stereocenters. The first-order chi connectivity index (χ1) is 15.4. The highest BCUT2D eigenvalue weighted by molar-refractivity contribution is 7.80. The van der Waals surface area contributed by atoms with Crippen molar-refractivity contribution in [2.45, 2.75) is 20.0 Å². The highest BCUT2D eigenvalue weighted by Gasteiger charge is 2.12. The van der Waals surface area contributed by atoms with Gasteiger partial charge in [0.15, 0.2) is 5.11 Å². The van der Waals surface area contributed by atoms with E-state index in [1.54, 1.807) is 30.3 Å². The first-order valence-electron chi connectivity index (χ1n) is 10.0. The number of fused-ring (bicyclic) bond motifs is 1. The van der Waals surface area contributed by atoms with Crippen LogP contribution in [-0.2, 0) is 0 Å². The smallest absolute Gasteiger partial charge is 0.257 e. The van der Waals surface area contributed by atoms with Crippen LogP contribution in [0, 0.1) is 0 Å². The predicted octanol–water partition coefficient (Wildman–Crippen LogP) is 5.80. The second-order valence-corrected chi connectivity index (χ2v) is 8.21. The van der Waals surface area contributed by atoms with Crippen LogP contribution in [0.25, 0.3) is 22.4 Å². The molecular weight excluding hydrogens is 444 g/mol. The summed E-state index contributed by atoms with van der Waals surface area (Å²) in [7, 11) is 0. The summed E-state index contributed by atoms with van der Waals surface area (Å²) in [5.41, 5.74) is 3.69. The summed E-state index contributed by atoms with van der Waals surface area (Å²) in [4.78, 5) is 20.4. The molecule has 3 N–H and O–H groups in total. The van der Waals surface area contributed by atoms with E-state index in [1.165, 1.54) is 0 Å². The minimum absolute atomic E-state index is 0.0616. The van der Waals surface area contributed by atoms with Crippen LogP contribution in [0.2, 0.25) is 5.02 Å². The zero-order valence-electron chi connectivity index (χ0n) is 17.5. The van der Waals surface area contributed by atoms with Gasteiger partial charge in [-0.05, 0) is 80.7 Å². The number of carbonyl (C=O) groups excluding carboxylic acids is 1. The number of amides is 1. The van der Waals surface area contributed by atoms with E-state index in [0.717, 1.165) is 16.6 Å². The number of hydrogen-bond acceptors (Lipinski definition) is 4. The molecule has 0 saturated carbocycles. The zero-order valence-corrected chi connectivity index (χ0v) is 19.1. The number of aromatic nitrogens is 2. The maximum atomic E-state index is 12.5. The van der Waals surface area contributed by atoms with Crippen LogP contribution in [0.15, 0.2) is 66.7 Å². The third-order valence-electron chi connectivity index (χ3n) is 4.59. The van der Waals surface area contributed by atoms with Crippen LogP contribution in [-0.4, -0.2) is 27.1 Å². The Balaban J connectivity index is 1.45. The number of rotatable bonds is 5. The third-order valence-corrected chi connectivity index (χ3v) is 5.13. The number of thiocarbonyl (C=S) groups is 1. The Morgan fingerprint density at radius 1 is 1.09 bits per heavy atom. The molecule has 3 aromatic carbocycles. The van der Waals surface area contributed by atoms with Crippen LogP contribution < -0.4 is 15.4 Å². The Bertz CT molecular complexity index is 1250. The van der Waals surface area contributed by atoms with Gasteiger partial charge in [-0.15, -0.1) is 0 Å². The molecule has 1 aromatic heterocycles. The second-order valence-electron chi connectivity index (χ2n) is 7.40. The van der Waals surface area contributed by atoms with E-state index < -0.39 is 0 Å². The quantitative estimate of drug-likeness (QED) is 0.325. The van der Waals surface area contributed by atoms with Crippen molar-refractivity contribution >= 4 is 51.6 Å². The van der Waals surface area contributed by atoms with E-state index in [9.17, 15) is 4.79 Å². The van der Waals surface area contributed by atoms with Crippen LogP contribution >= 0.6 is 23.8 Å². The molecule has 0 aliphatic heterocycles. The Morgan fingerprint density at radius 2 is 1.84 bits per heavy atom. The van der Waals surface area contributed by atoms with Gasteiger partial charge in [0.25, 0.3) is 5.91 Å². The Labute approximate surface area is 196 Å². The van der Waals surface area contributed by atoms with E-state index in [0.29, 0.717) is 27.8 Å². The van der Waals surface area contributed by atoms with E-state index >= 15 is 0 Å². The van der Waals surface area contributed by atoms with Crippen LogP contribution in [0.4, 0.5) is 5.69 Å². The molecule has 0 radical (unpaired) electrons. The molecule has 1 heterocycles. The molecule has 1 amide bonds. The molecule has 4 aromatic rings. The molecule has 8 heteroatoms. The molecule has 4 rings (SSSR count). The van der Waals surface area contributed by atoms with Crippen molar-refractivity contribution in [1.82, 2.24) is 15.3 Å². The van der Waals surface area contributed by atoms with Crippen molar-refractivity contribution in [2.75, 3.05) is 5.32 Å². The van der Waals surface area contributed by atoms with Crippen molar-refractivity contribution < 1.29 is 9.53 Å². The highest BCUT2D eigenvalue weighted by Crippen LogP contribution is 2.28. The number of para-hydroxylation sites is 2. The van der Waals surface area contributed by atoms with Crippen molar-refractivity contribution in [3.8, 4) is 17.1 Å². The number of nitrogens with zero attached hydrogens (tertiary/aromatic N) is 1. The average Bonchev–Trinajstić information content (AvgIpc) is 3.19. The van der Waals surface area contributed by atoms with Gasteiger partial charge >= 0.3 is 0 Å². The van der Waals surface area contributed by atoms with Crippen molar-refractivity contribution in [2.24, 2.45) is 0 Å². The van der Waals surface area contributed by atoms with E-state index in [4.69, 9.17) is 28.6 Å². The summed E-state index contributed by atoms with van der Waals surface area (Å²) >= 11 is 11.7. The molecule has 0 aliphatic rings. The fraction of sp³-hybridized carbons (Fsp3) is 0.125. The summed E-state index contributed by atoms with van der Waals surface area (Å²) in [6, 6.07) is 20.1. The number of halogens is 1. The molecule has 0 fully saturated rings.